The Morgan fingerprint density at radius 3 is 2.37 bits per heavy atom. The number of aryl methyl sites for hydroxylation is 1. The minimum absolute atomic E-state index is 0.396. The first-order valence-electron chi connectivity index (χ1n) is 7.66. The van der Waals surface area contributed by atoms with E-state index < -0.39 is 0 Å². The summed E-state index contributed by atoms with van der Waals surface area (Å²) in [5.41, 5.74) is 1.47. The molecular formula is C17H27NO. The average Bonchev–Trinajstić information content (AvgIpc) is 2.38. The molecule has 2 unspecified atom stereocenters. The van der Waals surface area contributed by atoms with Crippen LogP contribution in [0.25, 0.3) is 0 Å². The highest BCUT2D eigenvalue weighted by Crippen LogP contribution is 2.12. The fourth-order valence-electron chi connectivity index (χ4n) is 2.95. The highest BCUT2D eigenvalue weighted by molar-refractivity contribution is 5.14. The van der Waals surface area contributed by atoms with Crippen LogP contribution >= 0.6 is 0 Å². The van der Waals surface area contributed by atoms with Gasteiger partial charge in [-0.25, -0.2) is 0 Å². The number of benzene rings is 1. The molecule has 2 rings (SSSR count). The standard InChI is InChI=1S/C17H27NO/c1-15-13-18(14-16(2)19-15)12-8-4-7-11-17-9-5-3-6-10-17/h3,5-6,9-10,15-16H,4,7-8,11-14H2,1-2H3. The van der Waals surface area contributed by atoms with Crippen molar-refractivity contribution in [3.63, 3.8) is 0 Å². The van der Waals surface area contributed by atoms with E-state index >= 15 is 0 Å². The molecule has 19 heavy (non-hydrogen) atoms. The van der Waals surface area contributed by atoms with E-state index in [9.17, 15) is 0 Å². The van der Waals surface area contributed by atoms with Crippen molar-refractivity contribution in [3.8, 4) is 0 Å². The molecule has 0 spiro atoms. The third-order valence-electron chi connectivity index (χ3n) is 3.78. The predicted molar refractivity (Wildman–Crippen MR) is 80.4 cm³/mol. The summed E-state index contributed by atoms with van der Waals surface area (Å²) in [5, 5.41) is 0. The summed E-state index contributed by atoms with van der Waals surface area (Å²) in [6.07, 6.45) is 5.96. The Kier molecular flexibility index (Phi) is 5.87. The number of nitrogens with zero attached hydrogens (tertiary/aromatic N) is 1. The van der Waals surface area contributed by atoms with Crippen molar-refractivity contribution in [1.29, 1.82) is 0 Å². The molecule has 0 amide bonds. The van der Waals surface area contributed by atoms with Crippen LogP contribution in [0.15, 0.2) is 30.3 Å². The molecule has 0 aromatic heterocycles. The molecule has 1 aliphatic rings. The molecule has 2 heteroatoms. The van der Waals surface area contributed by atoms with Gasteiger partial charge < -0.3 is 4.74 Å². The molecule has 0 bridgehead atoms. The van der Waals surface area contributed by atoms with Gasteiger partial charge in [0.05, 0.1) is 12.2 Å². The van der Waals surface area contributed by atoms with Crippen LogP contribution in [-0.4, -0.2) is 36.7 Å². The van der Waals surface area contributed by atoms with Gasteiger partial charge in [-0.3, -0.25) is 4.90 Å². The van der Waals surface area contributed by atoms with Crippen molar-refractivity contribution in [1.82, 2.24) is 4.90 Å². The molecule has 1 aliphatic heterocycles. The van der Waals surface area contributed by atoms with Crippen LogP contribution in [0.2, 0.25) is 0 Å². The summed E-state index contributed by atoms with van der Waals surface area (Å²) in [7, 11) is 0. The Balaban J connectivity index is 1.57. The second-order valence-corrected chi connectivity index (χ2v) is 5.81. The van der Waals surface area contributed by atoms with Crippen molar-refractivity contribution in [2.24, 2.45) is 0 Å². The van der Waals surface area contributed by atoms with Crippen molar-refractivity contribution in [2.45, 2.75) is 51.7 Å². The molecule has 0 saturated carbocycles. The number of ether oxygens (including phenoxy) is 1. The minimum Gasteiger partial charge on any atom is -0.373 e. The van der Waals surface area contributed by atoms with E-state index in [4.69, 9.17) is 4.74 Å². The van der Waals surface area contributed by atoms with Gasteiger partial charge in [0.1, 0.15) is 0 Å². The van der Waals surface area contributed by atoms with Gasteiger partial charge in [0.15, 0.2) is 0 Å². The van der Waals surface area contributed by atoms with Crippen LogP contribution in [0.1, 0.15) is 38.7 Å². The lowest BCUT2D eigenvalue weighted by atomic mass is 10.1. The number of hydrogen-bond acceptors (Lipinski definition) is 2. The first kappa shape index (κ1) is 14.5. The van der Waals surface area contributed by atoms with Gasteiger partial charge in [-0.1, -0.05) is 36.8 Å². The van der Waals surface area contributed by atoms with Gasteiger partial charge in [-0.2, -0.15) is 0 Å². The Morgan fingerprint density at radius 2 is 1.68 bits per heavy atom. The summed E-state index contributed by atoms with van der Waals surface area (Å²) in [5.74, 6) is 0. The van der Waals surface area contributed by atoms with Gasteiger partial charge in [-0.05, 0) is 45.2 Å². The molecule has 2 nitrogen and oxygen atoms in total. The van der Waals surface area contributed by atoms with Crippen molar-refractivity contribution >= 4 is 0 Å². The molecule has 1 aromatic carbocycles. The van der Waals surface area contributed by atoms with Crippen LogP contribution in [0, 0.1) is 0 Å². The summed E-state index contributed by atoms with van der Waals surface area (Å²) in [4.78, 5) is 2.56. The lowest BCUT2D eigenvalue weighted by Crippen LogP contribution is -2.45. The van der Waals surface area contributed by atoms with E-state index in [-0.39, 0.29) is 0 Å². The first-order chi connectivity index (χ1) is 9.24. The van der Waals surface area contributed by atoms with Gasteiger partial charge in [0.25, 0.3) is 0 Å². The fourth-order valence-corrected chi connectivity index (χ4v) is 2.95. The zero-order valence-electron chi connectivity index (χ0n) is 12.3. The van der Waals surface area contributed by atoms with E-state index in [1.54, 1.807) is 0 Å². The second-order valence-electron chi connectivity index (χ2n) is 5.81. The van der Waals surface area contributed by atoms with E-state index in [2.05, 4.69) is 49.1 Å². The zero-order valence-corrected chi connectivity index (χ0v) is 12.3. The zero-order chi connectivity index (χ0) is 13.5. The Morgan fingerprint density at radius 1 is 1.00 bits per heavy atom. The van der Waals surface area contributed by atoms with Crippen LogP contribution in [0.3, 0.4) is 0 Å². The number of morpholine rings is 1. The normalized spacial score (nSPS) is 24.5. The number of hydrogen-bond donors (Lipinski definition) is 0. The van der Waals surface area contributed by atoms with Crippen LogP contribution in [0.5, 0.6) is 0 Å². The monoisotopic (exact) mass is 261 g/mol. The molecule has 1 heterocycles. The Bertz CT molecular complexity index is 342. The molecular weight excluding hydrogens is 234 g/mol. The van der Waals surface area contributed by atoms with Crippen LogP contribution in [0.4, 0.5) is 0 Å². The molecule has 2 atom stereocenters. The largest absolute Gasteiger partial charge is 0.373 e. The Labute approximate surface area is 117 Å². The summed E-state index contributed by atoms with van der Waals surface area (Å²) < 4.78 is 5.76. The highest BCUT2D eigenvalue weighted by Gasteiger charge is 2.21. The van der Waals surface area contributed by atoms with Crippen molar-refractivity contribution in [3.05, 3.63) is 35.9 Å². The predicted octanol–water partition coefficient (Wildman–Crippen LogP) is 3.51. The van der Waals surface area contributed by atoms with E-state index in [0.29, 0.717) is 12.2 Å². The van der Waals surface area contributed by atoms with Crippen molar-refractivity contribution < 1.29 is 4.74 Å². The maximum atomic E-state index is 5.76. The summed E-state index contributed by atoms with van der Waals surface area (Å²) >= 11 is 0. The minimum atomic E-state index is 0.396. The quantitative estimate of drug-likeness (QED) is 0.727. The van der Waals surface area contributed by atoms with Crippen molar-refractivity contribution in [2.75, 3.05) is 19.6 Å². The molecule has 0 radical (unpaired) electrons. The van der Waals surface area contributed by atoms with Crippen LogP contribution < -0.4 is 0 Å². The SMILES string of the molecule is CC1CN(CCCCCc2ccccc2)CC(C)O1. The second kappa shape index (κ2) is 7.66. The van der Waals surface area contributed by atoms with E-state index in [1.807, 2.05) is 0 Å². The van der Waals surface area contributed by atoms with E-state index in [0.717, 1.165) is 13.1 Å². The first-order valence-corrected chi connectivity index (χ1v) is 7.66. The third kappa shape index (κ3) is 5.33. The summed E-state index contributed by atoms with van der Waals surface area (Å²) in [6, 6.07) is 10.8. The summed E-state index contributed by atoms with van der Waals surface area (Å²) in [6.45, 7) is 7.79. The lowest BCUT2D eigenvalue weighted by Gasteiger charge is -2.35. The van der Waals surface area contributed by atoms with Crippen LogP contribution in [-0.2, 0) is 11.2 Å². The van der Waals surface area contributed by atoms with Gasteiger partial charge in [0.2, 0.25) is 0 Å². The fraction of sp³-hybridized carbons (Fsp3) is 0.647. The highest BCUT2D eigenvalue weighted by atomic mass is 16.5. The van der Waals surface area contributed by atoms with Gasteiger partial charge >= 0.3 is 0 Å². The van der Waals surface area contributed by atoms with Gasteiger partial charge in [-0.15, -0.1) is 0 Å². The smallest absolute Gasteiger partial charge is 0.0678 e. The maximum absolute atomic E-state index is 5.76. The average molecular weight is 261 g/mol. The third-order valence-corrected chi connectivity index (χ3v) is 3.78. The topological polar surface area (TPSA) is 12.5 Å². The maximum Gasteiger partial charge on any atom is 0.0678 e. The number of unbranched alkanes of at least 4 members (excludes halogenated alkanes) is 2. The van der Waals surface area contributed by atoms with E-state index in [1.165, 1.54) is 37.8 Å². The Hall–Kier alpha value is -0.860. The molecule has 0 aliphatic carbocycles. The lowest BCUT2D eigenvalue weighted by molar-refractivity contribution is -0.0681. The van der Waals surface area contributed by atoms with Gasteiger partial charge in [0, 0.05) is 13.1 Å². The molecule has 1 saturated heterocycles. The molecule has 1 fully saturated rings. The number of rotatable bonds is 6. The molecule has 106 valence electrons. The molecule has 0 N–H and O–H groups in total. The molecule has 1 aromatic rings.